The number of nitrogens with zero attached hydrogens (tertiary/aromatic N) is 2. The van der Waals surface area contributed by atoms with Gasteiger partial charge in [0.15, 0.2) is 5.69 Å². The molecule has 0 atom stereocenters. The molecule has 164 valence electrons. The molecule has 31 heavy (non-hydrogen) atoms. The topological polar surface area (TPSA) is 179 Å². The van der Waals surface area contributed by atoms with Crippen LogP contribution in [0.25, 0.3) is 10.9 Å². The summed E-state index contributed by atoms with van der Waals surface area (Å²) in [6, 6.07) is 10.3. The maximum absolute atomic E-state index is 12.3. The number of fused-ring (bicyclic) bond motifs is 1. The second kappa shape index (κ2) is 9.66. The molecule has 11 nitrogen and oxygen atoms in total. The van der Waals surface area contributed by atoms with Gasteiger partial charge in [-0.1, -0.05) is 0 Å². The number of aliphatic hydroxyl groups excluding tert-OH is 1. The number of aromatic nitrogens is 1. The lowest BCUT2D eigenvalue weighted by atomic mass is 10.1. The van der Waals surface area contributed by atoms with Crippen molar-refractivity contribution in [1.82, 2.24) is 9.71 Å². The minimum Gasteiger partial charge on any atom is -0.493 e. The Morgan fingerprint density at radius 1 is 1.13 bits per heavy atom. The molecule has 0 unspecified atom stereocenters. The number of benzene rings is 2. The molecule has 1 aromatic heterocycles. The minimum atomic E-state index is -3.72. The molecule has 3 rings (SSSR count). The number of rotatable bonds is 10. The SMILES string of the molecule is NC(=O)c1ccc2[nH]c(O)c(N=Nc3ccc(S(=O)(=O)NCCOCCO)cc3)c2c1. The molecule has 2 aromatic carbocycles. The standard InChI is InChI=1S/C19H21N5O6S/c20-18(26)12-1-6-16-15(11-12)17(19(27)22-16)24-23-13-2-4-14(5-3-13)31(28,29)21-7-9-30-10-8-25/h1-6,11,21-22,25,27H,7-10H2,(H2,20,26). The van der Waals surface area contributed by atoms with E-state index in [4.69, 9.17) is 15.6 Å². The number of H-pyrrole nitrogens is 1. The fourth-order valence-electron chi connectivity index (χ4n) is 2.72. The van der Waals surface area contributed by atoms with E-state index in [1.807, 2.05) is 0 Å². The third-order valence-electron chi connectivity index (χ3n) is 4.22. The van der Waals surface area contributed by atoms with E-state index in [2.05, 4.69) is 19.9 Å². The molecule has 1 amide bonds. The predicted molar refractivity (Wildman–Crippen MR) is 112 cm³/mol. The number of ether oxygens (including phenoxy) is 1. The lowest BCUT2D eigenvalue weighted by molar-refractivity contribution is 0.0961. The number of azo groups is 1. The van der Waals surface area contributed by atoms with Crippen LogP contribution >= 0.6 is 0 Å². The van der Waals surface area contributed by atoms with Crippen LogP contribution < -0.4 is 10.5 Å². The Kier molecular flexibility index (Phi) is 6.97. The van der Waals surface area contributed by atoms with Crippen LogP contribution in [0.5, 0.6) is 5.88 Å². The number of nitrogens with two attached hydrogens (primary N) is 1. The smallest absolute Gasteiger partial charge is 0.248 e. The van der Waals surface area contributed by atoms with Gasteiger partial charge in [-0.05, 0) is 42.5 Å². The van der Waals surface area contributed by atoms with Crippen molar-refractivity contribution in [3.05, 3.63) is 48.0 Å². The van der Waals surface area contributed by atoms with Crippen LogP contribution in [0.1, 0.15) is 10.4 Å². The van der Waals surface area contributed by atoms with Gasteiger partial charge in [0, 0.05) is 17.5 Å². The van der Waals surface area contributed by atoms with Gasteiger partial charge in [-0.2, -0.15) is 5.11 Å². The van der Waals surface area contributed by atoms with Gasteiger partial charge in [0.1, 0.15) is 0 Å². The first-order chi connectivity index (χ1) is 14.8. The Morgan fingerprint density at radius 2 is 1.87 bits per heavy atom. The van der Waals surface area contributed by atoms with E-state index in [9.17, 15) is 18.3 Å². The first-order valence-electron chi connectivity index (χ1n) is 9.16. The molecule has 0 saturated heterocycles. The highest BCUT2D eigenvalue weighted by atomic mass is 32.2. The molecule has 0 radical (unpaired) electrons. The van der Waals surface area contributed by atoms with Crippen LogP contribution in [0.2, 0.25) is 0 Å². The zero-order valence-corrected chi connectivity index (χ0v) is 17.1. The van der Waals surface area contributed by atoms with Crippen molar-refractivity contribution in [2.24, 2.45) is 16.0 Å². The maximum atomic E-state index is 12.3. The third-order valence-corrected chi connectivity index (χ3v) is 5.70. The Morgan fingerprint density at radius 3 is 2.55 bits per heavy atom. The quantitative estimate of drug-likeness (QED) is 0.233. The minimum absolute atomic E-state index is 0.0367. The highest BCUT2D eigenvalue weighted by Crippen LogP contribution is 2.36. The summed E-state index contributed by atoms with van der Waals surface area (Å²) in [4.78, 5) is 14.2. The number of primary amides is 1. The highest BCUT2D eigenvalue weighted by Gasteiger charge is 2.14. The van der Waals surface area contributed by atoms with Crippen molar-refractivity contribution in [3.63, 3.8) is 0 Å². The number of aromatic hydroxyl groups is 1. The molecule has 0 aliphatic rings. The second-order valence-electron chi connectivity index (χ2n) is 6.37. The zero-order chi connectivity index (χ0) is 22.4. The fourth-order valence-corrected chi connectivity index (χ4v) is 3.73. The summed E-state index contributed by atoms with van der Waals surface area (Å²) < 4.78 is 31.9. The largest absolute Gasteiger partial charge is 0.493 e. The number of nitrogens with one attached hydrogen (secondary N) is 2. The molecule has 0 aliphatic heterocycles. The van der Waals surface area contributed by atoms with E-state index in [0.29, 0.717) is 16.6 Å². The van der Waals surface area contributed by atoms with E-state index in [-0.39, 0.29) is 48.4 Å². The zero-order valence-electron chi connectivity index (χ0n) is 16.3. The van der Waals surface area contributed by atoms with Crippen LogP contribution in [-0.4, -0.2) is 55.9 Å². The molecule has 0 aliphatic carbocycles. The van der Waals surface area contributed by atoms with Gasteiger partial charge in [-0.25, -0.2) is 13.1 Å². The number of amides is 1. The van der Waals surface area contributed by atoms with Gasteiger partial charge in [0.05, 0.1) is 35.9 Å². The highest BCUT2D eigenvalue weighted by molar-refractivity contribution is 7.89. The Labute approximate surface area is 177 Å². The first-order valence-corrected chi connectivity index (χ1v) is 10.6. The van der Waals surface area contributed by atoms with Crippen molar-refractivity contribution in [1.29, 1.82) is 0 Å². The molecule has 0 spiro atoms. The maximum Gasteiger partial charge on any atom is 0.248 e. The number of carbonyl (C=O) groups excluding carboxylic acids is 1. The summed E-state index contributed by atoms with van der Waals surface area (Å²) in [5, 5.41) is 27.2. The van der Waals surface area contributed by atoms with Gasteiger partial charge >= 0.3 is 0 Å². The number of carbonyl (C=O) groups is 1. The molecule has 0 bridgehead atoms. The van der Waals surface area contributed by atoms with E-state index in [0.717, 1.165) is 0 Å². The molecule has 6 N–H and O–H groups in total. The van der Waals surface area contributed by atoms with Gasteiger partial charge in [-0.3, -0.25) is 4.79 Å². The first kappa shape index (κ1) is 22.4. The van der Waals surface area contributed by atoms with E-state index < -0.39 is 15.9 Å². The summed E-state index contributed by atoms with van der Waals surface area (Å²) in [5.41, 5.74) is 6.57. The molecule has 0 saturated carbocycles. The molecule has 0 fully saturated rings. The number of hydrogen-bond donors (Lipinski definition) is 5. The van der Waals surface area contributed by atoms with Crippen LogP contribution in [-0.2, 0) is 14.8 Å². The van der Waals surface area contributed by atoms with Crippen molar-refractivity contribution < 1.29 is 28.2 Å². The van der Waals surface area contributed by atoms with E-state index >= 15 is 0 Å². The number of aliphatic hydroxyl groups is 1. The van der Waals surface area contributed by atoms with E-state index in [1.165, 1.54) is 36.4 Å². The lowest BCUT2D eigenvalue weighted by Crippen LogP contribution is -2.27. The van der Waals surface area contributed by atoms with Crippen molar-refractivity contribution >= 4 is 38.2 Å². The number of hydrogen-bond acceptors (Lipinski definition) is 8. The normalized spacial score (nSPS) is 12.0. The van der Waals surface area contributed by atoms with Crippen LogP contribution in [0.4, 0.5) is 11.4 Å². The average molecular weight is 447 g/mol. The molecule has 3 aromatic rings. The average Bonchev–Trinajstić information content (AvgIpc) is 3.06. The van der Waals surface area contributed by atoms with Crippen LogP contribution in [0.3, 0.4) is 0 Å². The van der Waals surface area contributed by atoms with Gasteiger partial charge in [0.2, 0.25) is 21.8 Å². The lowest BCUT2D eigenvalue weighted by Gasteiger charge is -2.07. The number of sulfonamides is 1. The second-order valence-corrected chi connectivity index (χ2v) is 8.14. The Balaban J connectivity index is 1.74. The fraction of sp³-hybridized carbons (Fsp3) is 0.211. The van der Waals surface area contributed by atoms with Gasteiger partial charge < -0.3 is 25.7 Å². The van der Waals surface area contributed by atoms with Crippen molar-refractivity contribution in [2.75, 3.05) is 26.4 Å². The van der Waals surface area contributed by atoms with E-state index in [1.54, 1.807) is 6.07 Å². The van der Waals surface area contributed by atoms with Gasteiger partial charge in [0.25, 0.3) is 0 Å². The Bertz CT molecular complexity index is 1200. The predicted octanol–water partition coefficient (Wildman–Crippen LogP) is 1.67. The van der Waals surface area contributed by atoms with Crippen molar-refractivity contribution in [3.8, 4) is 5.88 Å². The summed E-state index contributed by atoms with van der Waals surface area (Å²) in [6.45, 7) is 0.206. The van der Waals surface area contributed by atoms with Crippen LogP contribution in [0.15, 0.2) is 57.6 Å². The number of aromatic amines is 1. The molecule has 12 heteroatoms. The molecular formula is C19H21N5O6S. The monoisotopic (exact) mass is 447 g/mol. The Hall–Kier alpha value is -3.32. The van der Waals surface area contributed by atoms with Crippen molar-refractivity contribution in [2.45, 2.75) is 4.90 Å². The molecule has 1 heterocycles. The van der Waals surface area contributed by atoms with Crippen LogP contribution in [0, 0.1) is 0 Å². The summed E-state index contributed by atoms with van der Waals surface area (Å²) >= 11 is 0. The summed E-state index contributed by atoms with van der Waals surface area (Å²) in [6.07, 6.45) is 0. The molecular weight excluding hydrogens is 426 g/mol. The summed E-state index contributed by atoms with van der Waals surface area (Å²) in [5.74, 6) is -0.844. The van der Waals surface area contributed by atoms with Gasteiger partial charge in [-0.15, -0.1) is 5.11 Å². The third kappa shape index (κ3) is 5.44. The summed E-state index contributed by atoms with van der Waals surface area (Å²) in [7, 11) is -3.72.